The fourth-order valence-corrected chi connectivity index (χ4v) is 19.7. The van der Waals surface area contributed by atoms with Gasteiger partial charge >= 0.3 is 0 Å². The van der Waals surface area contributed by atoms with Crippen LogP contribution in [0.5, 0.6) is 0 Å². The number of carbonyl (C=O) groups excluding carboxylic acids is 3. The highest BCUT2D eigenvalue weighted by atomic mass is 32.1. The third kappa shape index (κ3) is 17.4. The first kappa shape index (κ1) is 91.4. The Balaban J connectivity index is 0.000000147. The van der Waals surface area contributed by atoms with Gasteiger partial charge in [-0.05, 0) is 130 Å². The Bertz CT molecular complexity index is 6870. The summed E-state index contributed by atoms with van der Waals surface area (Å²) in [5.74, 6) is -0.455. The zero-order valence-electron chi connectivity index (χ0n) is 75.5. The number of ketones is 3. The van der Waals surface area contributed by atoms with Crippen molar-refractivity contribution in [1.82, 2.24) is 4.98 Å². The molecule has 129 heavy (non-hydrogen) atoms. The maximum absolute atomic E-state index is 13.3. The Morgan fingerprint density at radius 3 is 1.04 bits per heavy atom. The smallest absolute Gasteiger partial charge is 0.194 e. The molecule has 0 saturated heterocycles. The second-order valence-electron chi connectivity index (χ2n) is 35.7. The van der Waals surface area contributed by atoms with Gasteiger partial charge in [-0.2, -0.15) is 42.1 Å². The lowest BCUT2D eigenvalue weighted by molar-refractivity contribution is 0.103. The van der Waals surface area contributed by atoms with E-state index in [-0.39, 0.29) is 66.7 Å². The average Bonchev–Trinajstić information content (AvgIpc) is 1.59. The summed E-state index contributed by atoms with van der Waals surface area (Å²) >= 11 is 1.40. The molecule has 0 atom stereocenters. The number of fused-ring (bicyclic) bond motifs is 7. The first-order valence-electron chi connectivity index (χ1n) is 43.6. The summed E-state index contributed by atoms with van der Waals surface area (Å²) in [6.45, 7) is 30.9. The molecule has 638 valence electrons. The van der Waals surface area contributed by atoms with Crippen molar-refractivity contribution in [2.24, 2.45) is 0 Å². The molecule has 9 aromatic rings. The van der Waals surface area contributed by atoms with E-state index in [2.05, 4.69) is 231 Å². The van der Waals surface area contributed by atoms with Gasteiger partial charge in [-0.1, -0.05) is 292 Å². The first-order valence-corrected chi connectivity index (χ1v) is 44.4. The number of anilines is 4. The molecule has 0 unspecified atom stereocenters. The van der Waals surface area contributed by atoms with E-state index in [1.54, 1.807) is 60.7 Å². The monoisotopic (exact) mass is 1710 g/mol. The Kier molecular flexibility index (Phi) is 27.1. The number of unbranched alkanes of at least 4 members (excludes halogenated alkanes) is 4. The predicted octanol–water partition coefficient (Wildman–Crippen LogP) is 23.2. The van der Waals surface area contributed by atoms with Crippen LogP contribution in [0.2, 0.25) is 0 Å². The maximum atomic E-state index is 13.3. The van der Waals surface area contributed by atoms with Crippen LogP contribution in [0.15, 0.2) is 299 Å². The summed E-state index contributed by atoms with van der Waals surface area (Å²) in [5.41, 5.74) is 21.3. The fourth-order valence-electron chi connectivity index (χ4n) is 18.6. The molecule has 16 rings (SSSR count). The topological polar surface area (TPSA) is 267 Å². The van der Waals surface area contributed by atoms with Crippen LogP contribution < -0.4 is 28.8 Å². The van der Waals surface area contributed by atoms with Gasteiger partial charge in [0.2, 0.25) is 0 Å². The fraction of sp³-hybridized carbons (Fsp3) is 0.250. The van der Waals surface area contributed by atoms with Gasteiger partial charge in [0.05, 0.1) is 10.2 Å². The third-order valence-electron chi connectivity index (χ3n) is 25.2. The van der Waals surface area contributed by atoms with Crippen LogP contribution in [0.4, 0.5) is 22.7 Å². The van der Waals surface area contributed by atoms with Gasteiger partial charge in [0.25, 0.3) is 0 Å². The minimum Gasteiger partial charge on any atom is -0.347 e. The molecule has 0 N–H and O–H groups in total. The van der Waals surface area contributed by atoms with Crippen LogP contribution in [0.3, 0.4) is 0 Å². The van der Waals surface area contributed by atoms with Gasteiger partial charge in [-0.15, -0.1) is 11.3 Å². The normalized spacial score (nSPS) is 17.9. The van der Waals surface area contributed by atoms with Crippen LogP contribution >= 0.6 is 11.3 Å². The molecule has 17 heteroatoms. The SMILES string of the molecule is CC(C)(C)c1nc(=C(C#N)C#N)s/c1=C\C=C1\N(Cc2ccccc2)c2ccccc2C1(C)C.CCCCCCN1/C(=C/C=C2\C(=O)c3ccccc3C2=C(C#N)C#N)C(C)(C)c2ccccc21.CCCCN1/C(=C/C=C2\C(=O)c3ccccc3C2=C(C#N)C#N)C(C)(C)c2ccccc21.CN1/C(=C/C=C2\C(=O)c3ccccc3C2=C(C#N)C#N)C(C)(C)c2ccccc21. The molecule has 1 aromatic heterocycles. The Labute approximate surface area is 761 Å². The van der Waals surface area contributed by atoms with Gasteiger partial charge in [-0.25, -0.2) is 4.98 Å². The summed E-state index contributed by atoms with van der Waals surface area (Å²) < 4.78 is 1.46. The number of nitriles is 8. The molecule has 7 aliphatic rings. The molecule has 5 heterocycles. The maximum Gasteiger partial charge on any atom is 0.194 e. The highest BCUT2D eigenvalue weighted by molar-refractivity contribution is 7.07. The zero-order valence-corrected chi connectivity index (χ0v) is 76.3. The van der Waals surface area contributed by atoms with Crippen LogP contribution in [0, 0.1) is 90.6 Å². The van der Waals surface area contributed by atoms with E-state index in [0.29, 0.717) is 71.5 Å². The van der Waals surface area contributed by atoms with Crippen LogP contribution in [-0.4, -0.2) is 42.5 Å². The standard InChI is InChI=1S/C30H29N3O.C29H28N4S.C28H25N3O.C25H19N3O/c1-4-5-6-11-18-33-26-15-10-9-14-25(26)30(2,3)27(33)17-16-24-28(21(19-31)20-32)22-12-7-8-13-23(22)29(24)34;1-28(2,3)26-24(34-27(32-26)21(17-30)18-31)15-16-25-29(4,5)22-13-9-10-14-23(22)33(25)19-20-11-7-6-8-12-20;1-4-5-16-31-24-13-9-8-12-23(24)28(2,3)25(31)15-14-22-26(19(17-29)18-30)20-10-6-7-11-21(20)27(22)32;1-25(2)20-10-6-7-11-21(20)28(3)22(25)13-12-19-23(16(14-26)15-27)17-8-4-5-9-18(17)24(19)29/h7-10,12-17H,4-6,11,18H2,1-3H3;6-16H,19H2,1-5H3;6-15H,4-5,16H2,1-3H3;4-13H,1-3H3/b24-16-,27-17+;24-15-,25-16+;22-14-,25-15+;19-12-,22-13+. The quantitative estimate of drug-likeness (QED) is 0.0556. The van der Waals surface area contributed by atoms with E-state index in [1.165, 1.54) is 81.2 Å². The largest absolute Gasteiger partial charge is 0.347 e. The number of benzene rings is 8. The number of rotatable bonds is 14. The highest BCUT2D eigenvalue weighted by Crippen LogP contribution is 2.53. The minimum atomic E-state index is -0.232. The van der Waals surface area contributed by atoms with Crippen molar-refractivity contribution in [3.63, 3.8) is 0 Å². The number of aromatic nitrogens is 1. The molecule has 0 amide bonds. The molecule has 0 fully saturated rings. The number of Topliss-reactive ketones (excluding diaryl/α,β-unsaturated/α-hetero) is 3. The number of para-hydroxylation sites is 4. The van der Waals surface area contributed by atoms with Crippen molar-refractivity contribution >= 4 is 79.8 Å². The van der Waals surface area contributed by atoms with E-state index >= 15 is 0 Å². The Morgan fingerprint density at radius 2 is 0.667 bits per heavy atom. The lowest BCUT2D eigenvalue weighted by Gasteiger charge is -2.27. The molecular formula is C112H101N13O3S. The zero-order chi connectivity index (χ0) is 92.4. The molecule has 0 bridgehead atoms. The van der Waals surface area contributed by atoms with Crippen molar-refractivity contribution < 1.29 is 14.4 Å². The van der Waals surface area contributed by atoms with Gasteiger partial charge < -0.3 is 19.6 Å². The third-order valence-corrected chi connectivity index (χ3v) is 26.2. The van der Waals surface area contributed by atoms with Crippen LogP contribution in [-0.2, 0) is 33.6 Å². The van der Waals surface area contributed by atoms with E-state index in [9.17, 15) is 56.5 Å². The van der Waals surface area contributed by atoms with Crippen molar-refractivity contribution in [3.8, 4) is 48.6 Å². The summed E-state index contributed by atoms with van der Waals surface area (Å²) in [7, 11) is 2.01. The minimum absolute atomic E-state index is 0.0339. The van der Waals surface area contributed by atoms with Crippen molar-refractivity contribution in [1.29, 1.82) is 42.1 Å². The van der Waals surface area contributed by atoms with Crippen molar-refractivity contribution in [3.05, 3.63) is 375 Å². The molecule has 4 aliphatic heterocycles. The van der Waals surface area contributed by atoms with E-state index in [1.807, 2.05) is 122 Å². The number of allylic oxidation sites excluding steroid dienone is 20. The second-order valence-corrected chi connectivity index (χ2v) is 36.7. The number of hydrogen-bond donors (Lipinski definition) is 0. The van der Waals surface area contributed by atoms with E-state index < -0.39 is 0 Å². The van der Waals surface area contributed by atoms with Gasteiger partial charge in [0, 0.05) is 149 Å². The average molecular weight is 1710 g/mol. The molecule has 0 saturated carbocycles. The lowest BCUT2D eigenvalue weighted by atomic mass is 9.83. The summed E-state index contributed by atoms with van der Waals surface area (Å²) in [6, 6.07) is 81.5. The number of nitrogens with zero attached hydrogens (tertiary/aromatic N) is 13. The molecule has 3 aliphatic carbocycles. The Morgan fingerprint density at radius 1 is 0.357 bits per heavy atom. The number of hydrogen-bond acceptors (Lipinski definition) is 17. The van der Waals surface area contributed by atoms with E-state index in [0.717, 1.165) is 71.9 Å². The molecule has 16 nitrogen and oxygen atoms in total. The Hall–Kier alpha value is -15.3. The van der Waals surface area contributed by atoms with Gasteiger partial charge in [0.15, 0.2) is 22.9 Å². The molecule has 0 radical (unpaired) electrons. The van der Waals surface area contributed by atoms with Crippen molar-refractivity contribution in [2.75, 3.05) is 39.7 Å². The first-order chi connectivity index (χ1) is 62.0. The van der Waals surface area contributed by atoms with Crippen molar-refractivity contribution in [2.45, 2.75) is 162 Å². The molecular weight excluding hydrogens is 1610 g/mol. The lowest BCUT2D eigenvalue weighted by Crippen LogP contribution is -2.27. The predicted molar refractivity (Wildman–Crippen MR) is 515 cm³/mol. The molecule has 0 spiro atoms. The highest BCUT2D eigenvalue weighted by Gasteiger charge is 2.45. The number of likely N-dealkylation sites (N-methyl/N-ethyl adjacent to an activating group) is 1. The number of thiazole rings is 1. The van der Waals surface area contributed by atoms with Crippen LogP contribution in [0.25, 0.3) is 28.4 Å². The summed E-state index contributed by atoms with van der Waals surface area (Å²) in [6.07, 6.45) is 22.4. The second kappa shape index (κ2) is 38.2. The molecule has 8 aromatic carbocycles. The van der Waals surface area contributed by atoms with Gasteiger partial charge in [0.1, 0.15) is 69.9 Å². The van der Waals surface area contributed by atoms with Gasteiger partial charge in [-0.3, -0.25) is 14.4 Å². The summed E-state index contributed by atoms with van der Waals surface area (Å²) in [5, 5.41) is 75.9. The van der Waals surface area contributed by atoms with E-state index in [4.69, 9.17) is 4.98 Å². The summed E-state index contributed by atoms with van der Waals surface area (Å²) in [4.78, 5) is 53.5. The van der Waals surface area contributed by atoms with Crippen LogP contribution in [0.1, 0.15) is 210 Å². The number of carbonyl (C=O) groups is 3.